The first kappa shape index (κ1) is 15.1. The van der Waals surface area contributed by atoms with Crippen LogP contribution in [0.2, 0.25) is 0 Å². The van der Waals surface area contributed by atoms with Gasteiger partial charge in [0, 0.05) is 28.6 Å². The first-order valence-corrected chi connectivity index (χ1v) is 6.95. The van der Waals surface area contributed by atoms with Crippen LogP contribution in [0.3, 0.4) is 0 Å². The van der Waals surface area contributed by atoms with Crippen molar-refractivity contribution in [2.24, 2.45) is 0 Å². The van der Waals surface area contributed by atoms with Crippen molar-refractivity contribution in [3.8, 4) is 11.1 Å². The Labute approximate surface area is 131 Å². The molecule has 2 aromatic carbocycles. The minimum absolute atomic E-state index is 0.129. The van der Waals surface area contributed by atoms with Gasteiger partial charge in [-0.05, 0) is 23.8 Å². The second-order valence-electron chi connectivity index (χ2n) is 5.08. The normalized spacial score (nSPS) is 10.9. The van der Waals surface area contributed by atoms with Gasteiger partial charge >= 0.3 is 6.09 Å². The molecule has 0 aliphatic rings. The summed E-state index contributed by atoms with van der Waals surface area (Å²) in [5.74, 6) is -0.519. The summed E-state index contributed by atoms with van der Waals surface area (Å²) < 4.78 is 20.2. The van der Waals surface area contributed by atoms with E-state index in [1.807, 2.05) is 0 Å². The highest BCUT2D eigenvalue weighted by molar-refractivity contribution is 5.93. The van der Waals surface area contributed by atoms with Crippen LogP contribution in [0.1, 0.15) is 11.1 Å². The third-order valence-corrected chi connectivity index (χ3v) is 3.59. The number of fused-ring (bicyclic) bond motifs is 1. The largest absolute Gasteiger partial charge is 0.465 e. The first-order chi connectivity index (χ1) is 11.1. The summed E-state index contributed by atoms with van der Waals surface area (Å²) >= 11 is 0. The van der Waals surface area contributed by atoms with Crippen molar-refractivity contribution in [2.75, 3.05) is 0 Å². The number of nitrogens with one attached hydrogen (secondary N) is 1. The Morgan fingerprint density at radius 2 is 2.04 bits per heavy atom. The van der Waals surface area contributed by atoms with Crippen molar-refractivity contribution in [1.29, 1.82) is 0 Å². The highest BCUT2D eigenvalue weighted by Gasteiger charge is 2.15. The molecule has 0 unspecified atom stereocenters. The molecule has 0 saturated heterocycles. The number of amides is 1. The maximum Gasteiger partial charge on any atom is 0.404 e. The molecule has 0 aliphatic carbocycles. The predicted molar refractivity (Wildman–Crippen MR) is 82.4 cm³/mol. The van der Waals surface area contributed by atoms with E-state index >= 15 is 0 Å². The highest BCUT2D eigenvalue weighted by atomic mass is 19.1. The number of hydrogen-bond acceptors (Lipinski definition) is 3. The number of aliphatic hydroxyl groups excluding tert-OH is 1. The fourth-order valence-corrected chi connectivity index (χ4v) is 2.53. The minimum atomic E-state index is -1.22. The first-order valence-electron chi connectivity index (χ1n) is 6.95. The number of carbonyl (C=O) groups is 1. The van der Waals surface area contributed by atoms with Gasteiger partial charge in [-0.3, -0.25) is 0 Å². The Bertz CT molecular complexity index is 872. The van der Waals surface area contributed by atoms with Gasteiger partial charge in [-0.15, -0.1) is 0 Å². The molecule has 0 radical (unpaired) electrons. The van der Waals surface area contributed by atoms with Gasteiger partial charge in [0.15, 0.2) is 0 Å². The number of furan rings is 1. The Morgan fingerprint density at radius 1 is 1.22 bits per heavy atom. The summed E-state index contributed by atoms with van der Waals surface area (Å²) in [4.78, 5) is 10.6. The van der Waals surface area contributed by atoms with Crippen LogP contribution in [0.5, 0.6) is 0 Å². The molecule has 0 spiro atoms. The Morgan fingerprint density at radius 3 is 2.78 bits per heavy atom. The minimum Gasteiger partial charge on any atom is -0.465 e. The number of carboxylic acid groups (broad SMARTS) is 1. The second kappa shape index (κ2) is 6.10. The zero-order valence-electron chi connectivity index (χ0n) is 12.0. The van der Waals surface area contributed by atoms with Crippen LogP contribution in [-0.4, -0.2) is 16.3 Å². The number of benzene rings is 2. The van der Waals surface area contributed by atoms with E-state index in [1.165, 1.54) is 12.3 Å². The highest BCUT2D eigenvalue weighted by Crippen LogP contribution is 2.33. The van der Waals surface area contributed by atoms with Crippen molar-refractivity contribution in [3.63, 3.8) is 0 Å². The number of aliphatic hydroxyl groups is 1. The zero-order chi connectivity index (χ0) is 16.4. The molecule has 0 fully saturated rings. The monoisotopic (exact) mass is 315 g/mol. The molecule has 0 saturated carbocycles. The van der Waals surface area contributed by atoms with E-state index in [1.54, 1.807) is 30.3 Å². The van der Waals surface area contributed by atoms with E-state index in [2.05, 4.69) is 5.32 Å². The van der Waals surface area contributed by atoms with Crippen LogP contribution in [-0.2, 0) is 13.2 Å². The molecule has 5 nitrogen and oxygen atoms in total. The fraction of sp³-hybridized carbons (Fsp3) is 0.118. The van der Waals surface area contributed by atoms with Crippen LogP contribution in [0, 0.1) is 5.82 Å². The summed E-state index contributed by atoms with van der Waals surface area (Å²) in [5.41, 5.74) is 2.21. The van der Waals surface area contributed by atoms with Crippen molar-refractivity contribution in [2.45, 2.75) is 13.2 Å². The number of halogens is 1. The lowest BCUT2D eigenvalue weighted by Crippen LogP contribution is -2.20. The molecule has 118 valence electrons. The van der Waals surface area contributed by atoms with Crippen LogP contribution in [0.15, 0.2) is 47.1 Å². The van der Waals surface area contributed by atoms with E-state index in [4.69, 9.17) is 9.52 Å². The van der Waals surface area contributed by atoms with Gasteiger partial charge in [-0.2, -0.15) is 0 Å². The topological polar surface area (TPSA) is 82.7 Å². The quantitative estimate of drug-likeness (QED) is 0.688. The maximum absolute atomic E-state index is 14.7. The average Bonchev–Trinajstić information content (AvgIpc) is 3.01. The molecular formula is C17H14FNO4. The summed E-state index contributed by atoms with van der Waals surface area (Å²) in [6, 6.07) is 9.94. The third kappa shape index (κ3) is 2.89. The van der Waals surface area contributed by atoms with Crippen LogP contribution in [0.25, 0.3) is 22.1 Å². The van der Waals surface area contributed by atoms with E-state index < -0.39 is 11.9 Å². The summed E-state index contributed by atoms with van der Waals surface area (Å²) in [5, 5.41) is 20.9. The number of hydrogen-bond donors (Lipinski definition) is 3. The molecule has 1 amide bonds. The third-order valence-electron chi connectivity index (χ3n) is 3.59. The van der Waals surface area contributed by atoms with Crippen molar-refractivity contribution < 1.29 is 23.8 Å². The fourth-order valence-electron chi connectivity index (χ4n) is 2.53. The van der Waals surface area contributed by atoms with Gasteiger partial charge in [0.2, 0.25) is 0 Å². The molecular weight excluding hydrogens is 301 g/mol. The van der Waals surface area contributed by atoms with Crippen LogP contribution in [0.4, 0.5) is 9.18 Å². The zero-order valence-corrected chi connectivity index (χ0v) is 12.0. The van der Waals surface area contributed by atoms with Gasteiger partial charge in [0.25, 0.3) is 0 Å². The molecule has 1 aromatic heterocycles. The summed E-state index contributed by atoms with van der Waals surface area (Å²) in [6.45, 7) is -0.300. The standard InChI is InChI=1S/C17H14FNO4/c18-15-12(8-19-17(21)22)2-1-3-13(15)14-7-10(9-20)6-11-4-5-23-16(11)14/h1-7,19-20H,8-9H2,(H,21,22). The average molecular weight is 315 g/mol. The number of rotatable bonds is 4. The van der Waals surface area contributed by atoms with Gasteiger partial charge < -0.3 is 19.9 Å². The molecule has 0 bridgehead atoms. The molecule has 3 rings (SSSR count). The maximum atomic E-state index is 14.7. The Kier molecular flexibility index (Phi) is 3.99. The lowest BCUT2D eigenvalue weighted by Gasteiger charge is -2.10. The SMILES string of the molecule is O=C(O)NCc1cccc(-c2cc(CO)cc3ccoc23)c1F. The van der Waals surface area contributed by atoms with Crippen LogP contribution >= 0.6 is 0 Å². The van der Waals surface area contributed by atoms with E-state index in [0.717, 1.165) is 5.39 Å². The summed E-state index contributed by atoms with van der Waals surface area (Å²) in [7, 11) is 0. The molecule has 23 heavy (non-hydrogen) atoms. The molecule has 3 aromatic rings. The van der Waals surface area contributed by atoms with E-state index in [9.17, 15) is 14.3 Å². The lowest BCUT2D eigenvalue weighted by molar-refractivity contribution is 0.194. The van der Waals surface area contributed by atoms with Crippen LogP contribution < -0.4 is 5.32 Å². The molecule has 6 heteroatoms. The predicted octanol–water partition coefficient (Wildman–Crippen LogP) is 3.50. The van der Waals surface area contributed by atoms with Crippen molar-refractivity contribution >= 4 is 17.1 Å². The molecule has 0 aliphatic heterocycles. The second-order valence-corrected chi connectivity index (χ2v) is 5.08. The van der Waals surface area contributed by atoms with Crippen molar-refractivity contribution in [3.05, 3.63) is 59.6 Å². The van der Waals surface area contributed by atoms with Gasteiger partial charge in [-0.1, -0.05) is 18.2 Å². The van der Waals surface area contributed by atoms with E-state index in [0.29, 0.717) is 22.3 Å². The lowest BCUT2D eigenvalue weighted by atomic mass is 9.98. The van der Waals surface area contributed by atoms with E-state index in [-0.39, 0.29) is 18.7 Å². The van der Waals surface area contributed by atoms with Gasteiger partial charge in [0.1, 0.15) is 11.4 Å². The van der Waals surface area contributed by atoms with Gasteiger partial charge in [-0.25, -0.2) is 9.18 Å². The Hall–Kier alpha value is -2.86. The molecule has 0 atom stereocenters. The molecule has 1 heterocycles. The Balaban J connectivity index is 2.13. The smallest absolute Gasteiger partial charge is 0.404 e. The molecule has 3 N–H and O–H groups in total. The summed E-state index contributed by atoms with van der Waals surface area (Å²) in [6.07, 6.45) is 0.286. The van der Waals surface area contributed by atoms with Gasteiger partial charge in [0.05, 0.1) is 12.9 Å². The van der Waals surface area contributed by atoms with Crippen molar-refractivity contribution in [1.82, 2.24) is 5.32 Å².